The molecule has 0 aromatic carbocycles. The molecule has 12 heavy (non-hydrogen) atoms. The summed E-state index contributed by atoms with van der Waals surface area (Å²) in [6.07, 6.45) is 3.73. The number of hydrogen-bond acceptors (Lipinski definition) is 3. The van der Waals surface area contributed by atoms with E-state index in [0.717, 1.165) is 24.4 Å². The molecule has 0 fully saturated rings. The first kappa shape index (κ1) is 9.26. The number of aryl methyl sites for hydroxylation is 1. The van der Waals surface area contributed by atoms with E-state index in [4.69, 9.17) is 4.42 Å². The van der Waals surface area contributed by atoms with Gasteiger partial charge in [-0.05, 0) is 20.4 Å². The molecule has 1 atom stereocenters. The van der Waals surface area contributed by atoms with Crippen LogP contribution < -0.4 is 5.32 Å². The molecule has 1 N–H and O–H groups in total. The smallest absolute Gasteiger partial charge is 0.194 e. The third-order valence-electron chi connectivity index (χ3n) is 1.91. The maximum absolute atomic E-state index is 5.28. The minimum atomic E-state index is 0.277. The number of aromatic nitrogens is 1. The fourth-order valence-corrected chi connectivity index (χ4v) is 1.00. The average molecular weight is 168 g/mol. The Bertz CT molecular complexity index is 232. The molecule has 0 spiro atoms. The predicted octanol–water partition coefficient (Wildman–Crippen LogP) is 1.91. The second-order valence-electron chi connectivity index (χ2n) is 2.93. The van der Waals surface area contributed by atoms with Crippen molar-refractivity contribution in [2.24, 2.45) is 0 Å². The molecule has 1 unspecified atom stereocenters. The first-order valence-electron chi connectivity index (χ1n) is 4.39. The minimum absolute atomic E-state index is 0.277. The Hall–Kier alpha value is -0.830. The van der Waals surface area contributed by atoms with E-state index in [1.807, 2.05) is 7.05 Å². The molecule has 0 saturated carbocycles. The molecule has 1 aromatic rings. The van der Waals surface area contributed by atoms with Gasteiger partial charge in [0.25, 0.3) is 0 Å². The summed E-state index contributed by atoms with van der Waals surface area (Å²) in [5.41, 5.74) is 0.987. The van der Waals surface area contributed by atoms with Gasteiger partial charge in [0.1, 0.15) is 6.26 Å². The summed E-state index contributed by atoms with van der Waals surface area (Å²) in [4.78, 5) is 4.34. The second-order valence-corrected chi connectivity index (χ2v) is 2.93. The molecule has 68 valence electrons. The molecular weight excluding hydrogens is 152 g/mol. The Kier molecular flexibility index (Phi) is 3.29. The zero-order valence-corrected chi connectivity index (χ0v) is 7.92. The van der Waals surface area contributed by atoms with Crippen LogP contribution in [-0.4, -0.2) is 12.0 Å². The van der Waals surface area contributed by atoms with Crippen LogP contribution in [0.1, 0.15) is 37.9 Å². The highest BCUT2D eigenvalue weighted by molar-refractivity contribution is 5.01. The van der Waals surface area contributed by atoms with E-state index in [1.54, 1.807) is 6.26 Å². The standard InChI is InChI=1S/C9H16N2O/c1-4-5-9-11-8(6-12-9)7(2)10-3/h6-7,10H,4-5H2,1-3H3. The van der Waals surface area contributed by atoms with Crippen molar-refractivity contribution in [3.63, 3.8) is 0 Å². The van der Waals surface area contributed by atoms with Crippen LogP contribution in [0, 0.1) is 0 Å². The second kappa shape index (κ2) is 4.26. The van der Waals surface area contributed by atoms with Crippen molar-refractivity contribution in [2.75, 3.05) is 7.05 Å². The lowest BCUT2D eigenvalue weighted by Crippen LogP contribution is -2.12. The van der Waals surface area contributed by atoms with E-state index in [0.29, 0.717) is 0 Å². The van der Waals surface area contributed by atoms with Crippen LogP contribution in [0.15, 0.2) is 10.7 Å². The molecule has 1 rings (SSSR count). The largest absolute Gasteiger partial charge is 0.449 e. The van der Waals surface area contributed by atoms with Crippen molar-refractivity contribution in [1.82, 2.24) is 10.3 Å². The van der Waals surface area contributed by atoms with Crippen molar-refractivity contribution in [3.05, 3.63) is 17.8 Å². The van der Waals surface area contributed by atoms with Crippen molar-refractivity contribution in [3.8, 4) is 0 Å². The van der Waals surface area contributed by atoms with Crippen molar-refractivity contribution in [1.29, 1.82) is 0 Å². The number of nitrogens with zero attached hydrogens (tertiary/aromatic N) is 1. The van der Waals surface area contributed by atoms with Crippen LogP contribution in [0.3, 0.4) is 0 Å². The van der Waals surface area contributed by atoms with E-state index in [-0.39, 0.29) is 6.04 Å². The van der Waals surface area contributed by atoms with Crippen LogP contribution in [0.5, 0.6) is 0 Å². The van der Waals surface area contributed by atoms with Gasteiger partial charge in [-0.1, -0.05) is 6.92 Å². The highest BCUT2D eigenvalue weighted by Gasteiger charge is 2.07. The van der Waals surface area contributed by atoms with Gasteiger partial charge in [0.05, 0.1) is 5.69 Å². The summed E-state index contributed by atoms with van der Waals surface area (Å²) in [5.74, 6) is 0.842. The summed E-state index contributed by atoms with van der Waals surface area (Å²) in [5, 5.41) is 3.11. The SMILES string of the molecule is CCCc1nc(C(C)NC)co1. The van der Waals surface area contributed by atoms with E-state index in [9.17, 15) is 0 Å². The Morgan fingerprint density at radius 2 is 2.42 bits per heavy atom. The van der Waals surface area contributed by atoms with Gasteiger partial charge in [-0.2, -0.15) is 0 Å². The maximum Gasteiger partial charge on any atom is 0.194 e. The van der Waals surface area contributed by atoms with E-state index < -0.39 is 0 Å². The van der Waals surface area contributed by atoms with Gasteiger partial charge in [0.2, 0.25) is 0 Å². The van der Waals surface area contributed by atoms with Crippen LogP contribution in [0.4, 0.5) is 0 Å². The van der Waals surface area contributed by atoms with Gasteiger partial charge in [-0.25, -0.2) is 4.98 Å². The average Bonchev–Trinajstić information content (AvgIpc) is 2.52. The molecule has 0 aliphatic carbocycles. The molecular formula is C9H16N2O. The van der Waals surface area contributed by atoms with Gasteiger partial charge < -0.3 is 9.73 Å². The van der Waals surface area contributed by atoms with Gasteiger partial charge in [0.15, 0.2) is 5.89 Å². The van der Waals surface area contributed by atoms with Crippen LogP contribution >= 0.6 is 0 Å². The molecule has 0 aliphatic rings. The number of oxazole rings is 1. The summed E-state index contributed by atoms with van der Waals surface area (Å²) in [7, 11) is 1.92. The molecule has 3 heteroatoms. The molecule has 1 heterocycles. The highest BCUT2D eigenvalue weighted by atomic mass is 16.3. The summed E-state index contributed by atoms with van der Waals surface area (Å²) in [6, 6.07) is 0.277. The van der Waals surface area contributed by atoms with Crippen LogP contribution in [0.2, 0.25) is 0 Å². The van der Waals surface area contributed by atoms with Crippen molar-refractivity contribution < 1.29 is 4.42 Å². The van der Waals surface area contributed by atoms with Gasteiger partial charge in [-0.3, -0.25) is 0 Å². The lowest BCUT2D eigenvalue weighted by atomic mass is 10.3. The minimum Gasteiger partial charge on any atom is -0.449 e. The lowest BCUT2D eigenvalue weighted by molar-refractivity contribution is 0.490. The summed E-state index contributed by atoms with van der Waals surface area (Å²) in [6.45, 7) is 4.18. The molecule has 0 bridgehead atoms. The van der Waals surface area contributed by atoms with Crippen LogP contribution in [-0.2, 0) is 6.42 Å². The Labute approximate surface area is 73.2 Å². The molecule has 0 aliphatic heterocycles. The molecule has 0 radical (unpaired) electrons. The van der Waals surface area contributed by atoms with Gasteiger partial charge >= 0.3 is 0 Å². The van der Waals surface area contributed by atoms with Gasteiger partial charge in [-0.15, -0.1) is 0 Å². The molecule has 0 amide bonds. The quantitative estimate of drug-likeness (QED) is 0.746. The predicted molar refractivity (Wildman–Crippen MR) is 48.0 cm³/mol. The van der Waals surface area contributed by atoms with E-state index in [2.05, 4.69) is 24.1 Å². The summed E-state index contributed by atoms with van der Waals surface area (Å²) >= 11 is 0. The Morgan fingerprint density at radius 3 is 3.00 bits per heavy atom. The van der Waals surface area contributed by atoms with E-state index >= 15 is 0 Å². The number of rotatable bonds is 4. The van der Waals surface area contributed by atoms with E-state index in [1.165, 1.54) is 0 Å². The normalized spacial score (nSPS) is 13.2. The summed E-state index contributed by atoms with van der Waals surface area (Å²) < 4.78 is 5.28. The Balaban J connectivity index is 2.63. The first-order chi connectivity index (χ1) is 5.77. The third-order valence-corrected chi connectivity index (χ3v) is 1.91. The maximum atomic E-state index is 5.28. The van der Waals surface area contributed by atoms with Gasteiger partial charge in [0, 0.05) is 12.5 Å². The topological polar surface area (TPSA) is 38.1 Å². The molecule has 3 nitrogen and oxygen atoms in total. The molecule has 0 saturated heterocycles. The number of nitrogens with one attached hydrogen (secondary N) is 1. The zero-order valence-electron chi connectivity index (χ0n) is 7.92. The fraction of sp³-hybridized carbons (Fsp3) is 0.667. The molecule has 1 aromatic heterocycles. The fourth-order valence-electron chi connectivity index (χ4n) is 1.00. The van der Waals surface area contributed by atoms with Crippen LogP contribution in [0.25, 0.3) is 0 Å². The number of hydrogen-bond donors (Lipinski definition) is 1. The monoisotopic (exact) mass is 168 g/mol. The first-order valence-corrected chi connectivity index (χ1v) is 4.39. The Morgan fingerprint density at radius 1 is 1.67 bits per heavy atom. The van der Waals surface area contributed by atoms with Crippen molar-refractivity contribution in [2.45, 2.75) is 32.7 Å². The van der Waals surface area contributed by atoms with Crippen molar-refractivity contribution >= 4 is 0 Å². The third kappa shape index (κ3) is 2.08. The lowest BCUT2D eigenvalue weighted by Gasteiger charge is -2.03. The highest BCUT2D eigenvalue weighted by Crippen LogP contribution is 2.11. The zero-order chi connectivity index (χ0) is 8.97.